The monoisotopic (exact) mass is 779 g/mol. The third-order valence-electron chi connectivity index (χ3n) is 7.25. The molecule has 0 radical (unpaired) electrons. The number of fused-ring (bicyclic) bond motifs is 2. The largest absolute Gasteiger partial charge is 0.389 e. The summed E-state index contributed by atoms with van der Waals surface area (Å²) < 4.78 is 8.26. The summed E-state index contributed by atoms with van der Waals surface area (Å²) in [6, 6.07) is 8.53. The number of ether oxygens (including phenoxy) is 1. The number of hydrogen-bond acceptors (Lipinski definition) is 9. The van der Waals surface area contributed by atoms with Gasteiger partial charge in [-0.3, -0.25) is 9.59 Å². The van der Waals surface area contributed by atoms with Crippen molar-refractivity contribution in [1.29, 1.82) is 0 Å². The highest BCUT2D eigenvalue weighted by atomic mass is 79.9. The number of H-pyrrole nitrogens is 1. The van der Waals surface area contributed by atoms with Crippen molar-refractivity contribution in [3.05, 3.63) is 70.3 Å². The van der Waals surface area contributed by atoms with Crippen molar-refractivity contribution in [2.75, 3.05) is 11.9 Å². The van der Waals surface area contributed by atoms with Gasteiger partial charge in [0.25, 0.3) is 11.8 Å². The number of aromatic amines is 1. The van der Waals surface area contributed by atoms with Crippen LogP contribution in [0, 0.1) is 0 Å². The first-order valence-corrected chi connectivity index (χ1v) is 21.3. The Morgan fingerprint density at radius 2 is 1.65 bits per heavy atom. The molecule has 1 unspecified atom stereocenters. The Morgan fingerprint density at radius 1 is 0.980 bits per heavy atom. The lowest BCUT2D eigenvalue weighted by molar-refractivity contribution is 0.0884. The molecule has 2 amide bonds. The highest BCUT2D eigenvalue weighted by molar-refractivity contribution is 9.10. The number of nitrogens with zero attached hydrogens (tertiary/aromatic N) is 5. The van der Waals surface area contributed by atoms with E-state index in [0.717, 1.165) is 17.3 Å². The third-order valence-corrected chi connectivity index (χ3v) is 9.34. The standard InChI is InChI=1S/C19H23N5O2.C17H27BrN4O2Si/c1-11(25)12-6-5-7-13(8-12)22-15-10-21-17-16(23-15)14(9-20-17)18(26)24-19(2,3)4;1-17(2,3)21-16(23)12-10-22(11-24-7-8-25(4,5)6)15-14(12)20-13(18)9-19-15/h5-11,25H,1-4H3,(H,20,21)(H,22,23)(H,24,26);9-10H,7-8,11H2,1-6H3,(H,21,23). The molecule has 1 aromatic carbocycles. The second-order valence-electron chi connectivity index (χ2n) is 15.7. The van der Waals surface area contributed by atoms with Crippen LogP contribution in [0.1, 0.15) is 80.8 Å². The van der Waals surface area contributed by atoms with Gasteiger partial charge in [-0.25, -0.2) is 19.9 Å². The maximum Gasteiger partial charge on any atom is 0.255 e. The van der Waals surface area contributed by atoms with E-state index in [0.29, 0.717) is 57.2 Å². The van der Waals surface area contributed by atoms with E-state index in [4.69, 9.17) is 4.74 Å². The molecule has 0 aliphatic rings. The molecule has 4 heterocycles. The highest BCUT2D eigenvalue weighted by Gasteiger charge is 2.23. The zero-order valence-electron chi connectivity index (χ0n) is 31.1. The lowest BCUT2D eigenvalue weighted by atomic mass is 10.1. The fourth-order valence-electron chi connectivity index (χ4n) is 4.80. The minimum absolute atomic E-state index is 0.161. The lowest BCUT2D eigenvalue weighted by Gasteiger charge is -2.20. The summed E-state index contributed by atoms with van der Waals surface area (Å²) >= 11 is 3.33. The number of carbonyl (C=O) groups is 2. The van der Waals surface area contributed by atoms with Gasteiger partial charge in [0.1, 0.15) is 28.2 Å². The number of carbonyl (C=O) groups excluding carboxylic acids is 2. The molecule has 0 fully saturated rings. The van der Waals surface area contributed by atoms with Gasteiger partial charge in [-0.15, -0.1) is 0 Å². The average Bonchev–Trinajstić information content (AvgIpc) is 3.59. The molecule has 5 N–H and O–H groups in total. The summed E-state index contributed by atoms with van der Waals surface area (Å²) in [5, 5.41) is 18.8. The van der Waals surface area contributed by atoms with Gasteiger partial charge in [0.05, 0.1) is 29.6 Å². The summed E-state index contributed by atoms with van der Waals surface area (Å²) in [6.07, 6.45) is 6.06. The third kappa shape index (κ3) is 11.7. The number of hydrogen-bond donors (Lipinski definition) is 5. The molecule has 51 heavy (non-hydrogen) atoms. The van der Waals surface area contributed by atoms with Crippen LogP contribution in [-0.4, -0.2) is 72.2 Å². The van der Waals surface area contributed by atoms with Crippen LogP contribution >= 0.6 is 15.9 Å². The molecule has 1 atom stereocenters. The molecule has 0 saturated carbocycles. The van der Waals surface area contributed by atoms with Gasteiger partial charge in [-0.05, 0) is 88.1 Å². The van der Waals surface area contributed by atoms with Crippen molar-refractivity contribution in [1.82, 2.24) is 40.1 Å². The van der Waals surface area contributed by atoms with E-state index in [2.05, 4.69) is 76.4 Å². The van der Waals surface area contributed by atoms with Gasteiger partial charge in [-0.2, -0.15) is 0 Å². The van der Waals surface area contributed by atoms with Gasteiger partial charge in [0.2, 0.25) is 0 Å². The molecule has 13 nitrogen and oxygen atoms in total. The van der Waals surface area contributed by atoms with Crippen molar-refractivity contribution < 1.29 is 19.4 Å². The number of rotatable bonds is 10. The number of aliphatic hydroxyl groups is 1. The first kappa shape index (κ1) is 39.6. The Balaban J connectivity index is 0.000000229. The van der Waals surface area contributed by atoms with Crippen molar-refractivity contribution >= 4 is 69.7 Å². The van der Waals surface area contributed by atoms with E-state index in [1.54, 1.807) is 31.7 Å². The van der Waals surface area contributed by atoms with Crippen LogP contribution in [0.3, 0.4) is 0 Å². The van der Waals surface area contributed by atoms with Crippen molar-refractivity contribution in [3.63, 3.8) is 0 Å². The normalized spacial score (nSPS) is 12.7. The van der Waals surface area contributed by atoms with Crippen LogP contribution < -0.4 is 16.0 Å². The summed E-state index contributed by atoms with van der Waals surface area (Å²) in [4.78, 5) is 45.8. The predicted molar refractivity (Wildman–Crippen MR) is 208 cm³/mol. The molecule has 4 aromatic heterocycles. The highest BCUT2D eigenvalue weighted by Crippen LogP contribution is 2.23. The van der Waals surface area contributed by atoms with Crippen molar-refractivity contribution in [3.8, 4) is 0 Å². The molecule has 0 spiro atoms. The predicted octanol–water partition coefficient (Wildman–Crippen LogP) is 7.32. The van der Waals surface area contributed by atoms with Crippen LogP contribution in [0.5, 0.6) is 0 Å². The van der Waals surface area contributed by atoms with Gasteiger partial charge in [0, 0.05) is 43.8 Å². The van der Waals surface area contributed by atoms with Crippen LogP contribution in [0.15, 0.2) is 53.7 Å². The number of halogens is 1. The molecule has 5 rings (SSSR count). The molecular weight excluding hydrogens is 730 g/mol. The van der Waals surface area contributed by atoms with Crippen LogP contribution in [0.2, 0.25) is 25.7 Å². The van der Waals surface area contributed by atoms with E-state index in [-0.39, 0.29) is 22.9 Å². The second-order valence-corrected chi connectivity index (χ2v) is 22.1. The molecule has 0 aliphatic heterocycles. The first-order valence-electron chi connectivity index (χ1n) is 16.8. The molecule has 0 saturated heterocycles. The van der Waals surface area contributed by atoms with E-state index >= 15 is 0 Å². The zero-order valence-corrected chi connectivity index (χ0v) is 33.7. The van der Waals surface area contributed by atoms with Gasteiger partial charge >= 0.3 is 0 Å². The Morgan fingerprint density at radius 3 is 2.27 bits per heavy atom. The van der Waals surface area contributed by atoms with Crippen LogP contribution in [0.4, 0.5) is 11.5 Å². The maximum atomic E-state index is 12.6. The van der Waals surface area contributed by atoms with E-state index < -0.39 is 14.2 Å². The SMILES string of the molecule is CC(C)(C)NC(=O)c1cn(COCC[Si](C)(C)C)c2ncc(Br)nc12.CC(O)c1cccc(Nc2cnc3[nH]cc(C(=O)NC(C)(C)C)c3n2)c1. The fourth-order valence-corrected chi connectivity index (χ4v) is 5.84. The fraction of sp³-hybridized carbons (Fsp3) is 0.444. The number of aliphatic hydroxyl groups excluding tert-OH is 1. The Kier molecular flexibility index (Phi) is 12.4. The van der Waals surface area contributed by atoms with Crippen LogP contribution in [-0.2, 0) is 11.5 Å². The van der Waals surface area contributed by atoms with E-state index in [1.807, 2.05) is 70.4 Å². The molecule has 274 valence electrons. The number of benzene rings is 1. The molecule has 0 bridgehead atoms. The Hall–Kier alpha value is -4.18. The maximum absolute atomic E-state index is 12.6. The average molecular weight is 781 g/mol. The summed E-state index contributed by atoms with van der Waals surface area (Å²) in [5.74, 6) is 0.154. The second kappa shape index (κ2) is 16.0. The number of anilines is 2. The smallest absolute Gasteiger partial charge is 0.255 e. The zero-order chi connectivity index (χ0) is 37.7. The van der Waals surface area contributed by atoms with Crippen LogP contribution in [0.25, 0.3) is 22.3 Å². The minimum Gasteiger partial charge on any atom is -0.389 e. The summed E-state index contributed by atoms with van der Waals surface area (Å²) in [6.45, 7) is 21.4. The minimum atomic E-state index is -1.13. The van der Waals surface area contributed by atoms with Gasteiger partial charge in [-0.1, -0.05) is 31.8 Å². The number of amides is 2. The van der Waals surface area contributed by atoms with Gasteiger partial charge < -0.3 is 35.3 Å². The van der Waals surface area contributed by atoms with Crippen molar-refractivity contribution in [2.24, 2.45) is 0 Å². The Bertz CT molecular complexity index is 1990. The molecule has 15 heteroatoms. The van der Waals surface area contributed by atoms with E-state index in [9.17, 15) is 14.7 Å². The quantitative estimate of drug-likeness (QED) is 0.0720. The van der Waals surface area contributed by atoms with Gasteiger partial charge in [0.15, 0.2) is 11.3 Å². The molecular formula is C36H50BrN9O4Si. The van der Waals surface area contributed by atoms with Crippen molar-refractivity contribution in [2.45, 2.75) is 98.1 Å². The molecule has 5 aromatic rings. The summed E-state index contributed by atoms with van der Waals surface area (Å²) in [7, 11) is -1.13. The lowest BCUT2D eigenvalue weighted by Crippen LogP contribution is -2.40. The number of aromatic nitrogens is 6. The topological polar surface area (TPSA) is 172 Å². The first-order chi connectivity index (χ1) is 23.7. The molecule has 0 aliphatic carbocycles. The number of nitrogens with one attached hydrogen (secondary N) is 4. The van der Waals surface area contributed by atoms with E-state index in [1.165, 1.54) is 0 Å². The summed E-state index contributed by atoms with van der Waals surface area (Å²) in [5.41, 5.74) is 4.15. The Labute approximate surface area is 308 Å².